The van der Waals surface area contributed by atoms with Crippen LogP contribution in [0.1, 0.15) is 66.6 Å². The normalized spacial score (nSPS) is 12.2. The summed E-state index contributed by atoms with van der Waals surface area (Å²) in [4.78, 5) is 7.55. The van der Waals surface area contributed by atoms with Crippen molar-refractivity contribution in [2.75, 3.05) is 26.2 Å². The molecule has 0 amide bonds. The van der Waals surface area contributed by atoms with E-state index in [9.17, 15) is 0 Å². The minimum atomic E-state index is 0.603. The number of unbranched alkanes of at least 4 members (excludes halogenated alkanes) is 2. The number of aryl methyl sites for hydroxylation is 3. The third-order valence-electron chi connectivity index (χ3n) is 9.91. The summed E-state index contributed by atoms with van der Waals surface area (Å²) in [6, 6.07) is 41.6. The first-order valence-corrected chi connectivity index (χ1v) is 18.5. The second-order valence-electron chi connectivity index (χ2n) is 13.5. The van der Waals surface area contributed by atoms with Crippen molar-refractivity contribution >= 4 is 21.8 Å². The molecule has 0 fully saturated rings. The van der Waals surface area contributed by atoms with Gasteiger partial charge in [0.05, 0.1) is 0 Å². The molecule has 4 heteroatoms. The number of aromatic nitrogens is 2. The maximum Gasteiger partial charge on any atom is 0.0458 e. The Balaban J connectivity index is 1.03. The summed E-state index contributed by atoms with van der Waals surface area (Å²) in [5.74, 6) is 0.603. The fourth-order valence-electron chi connectivity index (χ4n) is 7.20. The molecule has 2 aromatic heterocycles. The molecular formula is C44H54N4. The molecule has 0 aliphatic carbocycles. The number of rotatable bonds is 21. The van der Waals surface area contributed by atoms with Gasteiger partial charge in [-0.15, -0.1) is 0 Å². The SMILES string of the molecule is c1ccc(CCCCNCCc2c(CC(CCNCCCCc3ccccc3)CCc3cc4ccccc4[nH]3)[nH]c3ccccc23)cc1. The van der Waals surface area contributed by atoms with Crippen molar-refractivity contribution in [2.45, 2.75) is 70.6 Å². The summed E-state index contributed by atoms with van der Waals surface area (Å²) in [5, 5.41) is 10.2. The average Bonchev–Trinajstić information content (AvgIpc) is 3.71. The minimum absolute atomic E-state index is 0.603. The van der Waals surface area contributed by atoms with Gasteiger partial charge >= 0.3 is 0 Å². The first kappa shape index (κ1) is 33.8. The molecule has 0 aliphatic heterocycles. The summed E-state index contributed by atoms with van der Waals surface area (Å²) in [7, 11) is 0. The van der Waals surface area contributed by atoms with Gasteiger partial charge in [0, 0.05) is 27.8 Å². The standard InChI is InChI=1S/C44H54N4/c1-3-15-35(16-4-1)19-11-13-29-45-31-27-37(25-26-39-34-38-21-7-9-23-42(38)47-39)33-44-41(40-22-8-10-24-43(40)48-44)28-32-46-30-14-12-20-36-17-5-2-6-18-36/h1-10,15-18,21-24,34,37,45-48H,11-14,19-20,25-33H2. The smallest absolute Gasteiger partial charge is 0.0458 e. The fourth-order valence-corrected chi connectivity index (χ4v) is 7.20. The highest BCUT2D eigenvalue weighted by atomic mass is 14.9. The largest absolute Gasteiger partial charge is 0.358 e. The zero-order valence-electron chi connectivity index (χ0n) is 28.7. The van der Waals surface area contributed by atoms with Crippen LogP contribution in [0, 0.1) is 5.92 Å². The Bertz CT molecular complexity index is 1730. The van der Waals surface area contributed by atoms with Crippen molar-refractivity contribution in [3.63, 3.8) is 0 Å². The van der Waals surface area contributed by atoms with Crippen molar-refractivity contribution in [1.29, 1.82) is 0 Å². The highest BCUT2D eigenvalue weighted by Crippen LogP contribution is 2.28. The number of hydrogen-bond acceptors (Lipinski definition) is 2. The quantitative estimate of drug-likeness (QED) is 0.0594. The number of H-pyrrole nitrogens is 2. The molecule has 1 unspecified atom stereocenters. The molecular weight excluding hydrogens is 585 g/mol. The van der Waals surface area contributed by atoms with Gasteiger partial charge in [-0.3, -0.25) is 0 Å². The Morgan fingerprint density at radius 2 is 1.12 bits per heavy atom. The Hall–Kier alpha value is -4.12. The summed E-state index contributed by atoms with van der Waals surface area (Å²) >= 11 is 0. The molecule has 0 saturated carbocycles. The summed E-state index contributed by atoms with van der Waals surface area (Å²) in [6.45, 7) is 4.26. The van der Waals surface area contributed by atoms with Gasteiger partial charge in [0.15, 0.2) is 0 Å². The Kier molecular flexibility index (Phi) is 13.0. The minimum Gasteiger partial charge on any atom is -0.358 e. The number of para-hydroxylation sites is 2. The number of fused-ring (bicyclic) bond motifs is 2. The lowest BCUT2D eigenvalue weighted by Crippen LogP contribution is -2.22. The predicted octanol–water partition coefficient (Wildman–Crippen LogP) is 9.60. The lowest BCUT2D eigenvalue weighted by molar-refractivity contribution is 0.425. The predicted molar refractivity (Wildman–Crippen MR) is 205 cm³/mol. The van der Waals surface area contributed by atoms with Gasteiger partial charge in [-0.2, -0.15) is 0 Å². The fraction of sp³-hybridized carbons (Fsp3) is 0.364. The van der Waals surface area contributed by atoms with E-state index in [4.69, 9.17) is 0 Å². The third kappa shape index (κ3) is 10.2. The molecule has 48 heavy (non-hydrogen) atoms. The van der Waals surface area contributed by atoms with Crippen LogP contribution >= 0.6 is 0 Å². The molecule has 4 N–H and O–H groups in total. The number of nitrogens with one attached hydrogen (secondary N) is 4. The van der Waals surface area contributed by atoms with Gasteiger partial charge in [0.25, 0.3) is 0 Å². The first-order valence-electron chi connectivity index (χ1n) is 18.5. The Morgan fingerprint density at radius 1 is 0.500 bits per heavy atom. The summed E-state index contributed by atoms with van der Waals surface area (Å²) in [6.07, 6.45) is 12.8. The van der Waals surface area contributed by atoms with E-state index in [0.717, 1.165) is 51.9 Å². The highest BCUT2D eigenvalue weighted by molar-refractivity contribution is 5.84. The Morgan fingerprint density at radius 3 is 1.83 bits per heavy atom. The summed E-state index contributed by atoms with van der Waals surface area (Å²) in [5.41, 5.74) is 9.70. The van der Waals surface area contributed by atoms with Gasteiger partial charge in [0.1, 0.15) is 0 Å². The van der Waals surface area contributed by atoms with E-state index >= 15 is 0 Å². The molecule has 6 aromatic rings. The van der Waals surface area contributed by atoms with Crippen LogP contribution in [-0.4, -0.2) is 36.1 Å². The van der Waals surface area contributed by atoms with Crippen LogP contribution in [0.2, 0.25) is 0 Å². The summed E-state index contributed by atoms with van der Waals surface area (Å²) < 4.78 is 0. The number of benzene rings is 4. The second kappa shape index (κ2) is 18.4. The van der Waals surface area contributed by atoms with E-state index < -0.39 is 0 Å². The number of aromatic amines is 2. The van der Waals surface area contributed by atoms with Gasteiger partial charge < -0.3 is 20.6 Å². The van der Waals surface area contributed by atoms with Crippen molar-refractivity contribution in [3.8, 4) is 0 Å². The van der Waals surface area contributed by atoms with Crippen LogP contribution in [0.25, 0.3) is 21.8 Å². The lowest BCUT2D eigenvalue weighted by atomic mass is 9.91. The third-order valence-corrected chi connectivity index (χ3v) is 9.91. The molecule has 0 spiro atoms. The molecule has 4 aromatic carbocycles. The Labute approximate surface area is 287 Å². The number of hydrogen-bond donors (Lipinski definition) is 4. The van der Waals surface area contributed by atoms with Gasteiger partial charge in [-0.05, 0) is 143 Å². The monoisotopic (exact) mass is 638 g/mol. The van der Waals surface area contributed by atoms with Crippen LogP contribution in [0.3, 0.4) is 0 Å². The zero-order valence-corrected chi connectivity index (χ0v) is 28.7. The topological polar surface area (TPSA) is 55.6 Å². The first-order chi connectivity index (χ1) is 23.8. The highest BCUT2D eigenvalue weighted by Gasteiger charge is 2.17. The van der Waals surface area contributed by atoms with E-state index in [2.05, 4.69) is 136 Å². The van der Waals surface area contributed by atoms with Crippen molar-refractivity contribution in [1.82, 2.24) is 20.6 Å². The zero-order chi connectivity index (χ0) is 32.6. The molecule has 2 heterocycles. The molecule has 0 aliphatic rings. The van der Waals surface area contributed by atoms with Crippen LogP contribution in [0.4, 0.5) is 0 Å². The van der Waals surface area contributed by atoms with Gasteiger partial charge in [0.2, 0.25) is 0 Å². The van der Waals surface area contributed by atoms with E-state index in [1.54, 1.807) is 0 Å². The molecule has 0 saturated heterocycles. The maximum absolute atomic E-state index is 3.87. The van der Waals surface area contributed by atoms with Crippen LogP contribution in [-0.2, 0) is 32.1 Å². The molecule has 0 radical (unpaired) electrons. The van der Waals surface area contributed by atoms with E-state index in [-0.39, 0.29) is 0 Å². The van der Waals surface area contributed by atoms with Gasteiger partial charge in [-0.1, -0.05) is 97.1 Å². The lowest BCUT2D eigenvalue weighted by Gasteiger charge is -2.18. The van der Waals surface area contributed by atoms with Crippen molar-refractivity contribution < 1.29 is 0 Å². The van der Waals surface area contributed by atoms with Crippen LogP contribution in [0.5, 0.6) is 0 Å². The van der Waals surface area contributed by atoms with Gasteiger partial charge in [-0.25, -0.2) is 0 Å². The molecule has 6 rings (SSSR count). The van der Waals surface area contributed by atoms with Crippen molar-refractivity contribution in [2.24, 2.45) is 5.92 Å². The molecule has 4 nitrogen and oxygen atoms in total. The van der Waals surface area contributed by atoms with Crippen LogP contribution < -0.4 is 10.6 Å². The van der Waals surface area contributed by atoms with Crippen molar-refractivity contribution in [3.05, 3.63) is 143 Å². The van der Waals surface area contributed by atoms with E-state index in [1.165, 1.54) is 94.8 Å². The second-order valence-corrected chi connectivity index (χ2v) is 13.5. The van der Waals surface area contributed by atoms with E-state index in [0.29, 0.717) is 5.92 Å². The molecule has 1 atom stereocenters. The van der Waals surface area contributed by atoms with E-state index in [1.807, 2.05) is 0 Å². The maximum atomic E-state index is 3.87. The van der Waals surface area contributed by atoms with Crippen LogP contribution in [0.15, 0.2) is 115 Å². The molecule has 0 bridgehead atoms. The average molecular weight is 639 g/mol. The molecule has 250 valence electrons.